The zero-order valence-electron chi connectivity index (χ0n) is 12.1. The minimum Gasteiger partial charge on any atom is -0.391 e. The largest absolute Gasteiger partial charge is 0.391 e. The first-order valence-corrected chi connectivity index (χ1v) is 7.88. The van der Waals surface area contributed by atoms with Gasteiger partial charge in [0, 0.05) is 25.6 Å². The van der Waals surface area contributed by atoms with E-state index in [0.717, 1.165) is 28.7 Å². The second kappa shape index (κ2) is 6.68. The predicted octanol–water partition coefficient (Wildman–Crippen LogP) is 2.76. The Kier molecular flexibility index (Phi) is 5.19. The van der Waals surface area contributed by atoms with Crippen LogP contribution in [0, 0.1) is 0 Å². The van der Waals surface area contributed by atoms with Gasteiger partial charge in [-0.15, -0.1) is 0 Å². The predicted molar refractivity (Wildman–Crippen MR) is 79.0 cm³/mol. The topological polar surface area (TPSA) is 45.6 Å². The number of hydrogen-bond donors (Lipinski definition) is 1. The van der Waals surface area contributed by atoms with Crippen LogP contribution in [0.1, 0.15) is 49.6 Å². The van der Waals surface area contributed by atoms with Crippen LogP contribution in [0.3, 0.4) is 0 Å². The highest BCUT2D eigenvalue weighted by molar-refractivity contribution is 7.15. The van der Waals surface area contributed by atoms with Gasteiger partial charge in [0.05, 0.1) is 23.8 Å². The van der Waals surface area contributed by atoms with E-state index in [1.165, 1.54) is 12.8 Å². The van der Waals surface area contributed by atoms with Gasteiger partial charge in [-0.1, -0.05) is 18.3 Å². The number of thiazole rings is 1. The monoisotopic (exact) mass is 284 g/mol. The van der Waals surface area contributed by atoms with E-state index in [2.05, 4.69) is 18.7 Å². The van der Waals surface area contributed by atoms with Gasteiger partial charge in [-0.25, -0.2) is 4.98 Å². The highest BCUT2D eigenvalue weighted by atomic mass is 32.1. The summed E-state index contributed by atoms with van der Waals surface area (Å²) in [6.07, 6.45) is 3.52. The van der Waals surface area contributed by atoms with E-state index in [1.807, 2.05) is 0 Å². The third-order valence-electron chi connectivity index (χ3n) is 3.73. The second-order valence-corrected chi connectivity index (χ2v) is 6.24. The third-order valence-corrected chi connectivity index (χ3v) is 4.82. The Labute approximate surface area is 119 Å². The molecule has 4 nitrogen and oxygen atoms in total. The van der Waals surface area contributed by atoms with Crippen molar-refractivity contribution in [2.24, 2.45) is 0 Å². The summed E-state index contributed by atoms with van der Waals surface area (Å²) in [5.41, 5.74) is 1.13. The fourth-order valence-corrected chi connectivity index (χ4v) is 3.31. The van der Waals surface area contributed by atoms with E-state index in [0.29, 0.717) is 18.6 Å². The molecule has 0 spiro atoms. The van der Waals surface area contributed by atoms with E-state index in [4.69, 9.17) is 9.72 Å². The van der Waals surface area contributed by atoms with Crippen molar-refractivity contribution in [3.63, 3.8) is 0 Å². The average molecular weight is 284 g/mol. The fraction of sp³-hybridized carbons (Fsp3) is 0.786. The van der Waals surface area contributed by atoms with Crippen molar-refractivity contribution in [1.29, 1.82) is 0 Å². The summed E-state index contributed by atoms with van der Waals surface area (Å²) in [5, 5.41) is 10.5. The zero-order valence-corrected chi connectivity index (χ0v) is 12.9. The first kappa shape index (κ1) is 14.8. The van der Waals surface area contributed by atoms with E-state index in [-0.39, 0.29) is 6.61 Å². The standard InChI is InChI=1S/C14H24N2O2S/c1-4-10(2)16(7-8-18-3)14-15-13(11-5-6-11)12(9-17)19-14/h10-11,17H,4-9H2,1-3H3. The summed E-state index contributed by atoms with van der Waals surface area (Å²) in [4.78, 5) is 8.14. The molecule has 1 heterocycles. The average Bonchev–Trinajstić information content (AvgIpc) is 3.19. The van der Waals surface area contributed by atoms with Gasteiger partial charge in [0.2, 0.25) is 0 Å². The number of hydrogen-bond acceptors (Lipinski definition) is 5. The first-order valence-electron chi connectivity index (χ1n) is 7.07. The van der Waals surface area contributed by atoms with Crippen molar-refractivity contribution >= 4 is 16.5 Å². The van der Waals surface area contributed by atoms with Gasteiger partial charge in [0.15, 0.2) is 5.13 Å². The van der Waals surface area contributed by atoms with Crippen LogP contribution in [0.4, 0.5) is 5.13 Å². The molecule has 19 heavy (non-hydrogen) atoms. The molecule has 1 aromatic heterocycles. The molecule has 0 aliphatic heterocycles. The first-order chi connectivity index (χ1) is 9.21. The van der Waals surface area contributed by atoms with Crippen LogP contribution in [0.2, 0.25) is 0 Å². The normalized spacial score (nSPS) is 16.6. The molecule has 0 amide bonds. The number of anilines is 1. The van der Waals surface area contributed by atoms with Crippen LogP contribution in [-0.2, 0) is 11.3 Å². The number of rotatable bonds is 8. The van der Waals surface area contributed by atoms with Gasteiger partial charge in [-0.2, -0.15) is 0 Å². The lowest BCUT2D eigenvalue weighted by atomic mass is 10.2. The molecule has 1 fully saturated rings. The smallest absolute Gasteiger partial charge is 0.186 e. The van der Waals surface area contributed by atoms with Crippen LogP contribution >= 0.6 is 11.3 Å². The molecule has 0 aromatic carbocycles. The molecule has 0 radical (unpaired) electrons. The quantitative estimate of drug-likeness (QED) is 0.797. The molecule has 1 N–H and O–H groups in total. The Morgan fingerprint density at radius 1 is 1.53 bits per heavy atom. The fourth-order valence-electron chi connectivity index (χ4n) is 2.18. The summed E-state index contributed by atoms with van der Waals surface area (Å²) in [6, 6.07) is 0.444. The summed E-state index contributed by atoms with van der Waals surface area (Å²) < 4.78 is 5.20. The number of aliphatic hydroxyl groups is 1. The van der Waals surface area contributed by atoms with E-state index < -0.39 is 0 Å². The molecule has 1 aromatic rings. The SMILES string of the molecule is CCC(C)N(CCOC)c1nc(C2CC2)c(CO)s1. The molecule has 1 aliphatic carbocycles. The van der Waals surface area contributed by atoms with Crippen molar-refractivity contribution in [3.8, 4) is 0 Å². The van der Waals surface area contributed by atoms with Crippen molar-refractivity contribution in [3.05, 3.63) is 10.6 Å². The molecule has 1 aliphatic rings. The summed E-state index contributed by atoms with van der Waals surface area (Å²) in [6.45, 7) is 6.08. The highest BCUT2D eigenvalue weighted by Gasteiger charge is 2.30. The minimum absolute atomic E-state index is 0.113. The van der Waals surface area contributed by atoms with E-state index in [1.54, 1.807) is 18.4 Å². The lowest BCUT2D eigenvalue weighted by Gasteiger charge is -2.27. The molecule has 2 rings (SSSR count). The second-order valence-electron chi connectivity index (χ2n) is 5.18. The molecule has 1 atom stereocenters. The molecule has 0 bridgehead atoms. The van der Waals surface area contributed by atoms with Crippen molar-refractivity contribution in [2.45, 2.75) is 51.7 Å². The zero-order chi connectivity index (χ0) is 13.8. The van der Waals surface area contributed by atoms with Gasteiger partial charge in [0.1, 0.15) is 0 Å². The van der Waals surface area contributed by atoms with Crippen LogP contribution in [0.25, 0.3) is 0 Å². The molecule has 5 heteroatoms. The van der Waals surface area contributed by atoms with Gasteiger partial charge in [0.25, 0.3) is 0 Å². The van der Waals surface area contributed by atoms with Crippen LogP contribution in [0.15, 0.2) is 0 Å². The molecule has 0 saturated heterocycles. The Hall–Kier alpha value is -0.650. The van der Waals surface area contributed by atoms with Crippen LogP contribution < -0.4 is 4.90 Å². The Morgan fingerprint density at radius 3 is 2.79 bits per heavy atom. The maximum Gasteiger partial charge on any atom is 0.186 e. The summed E-state index contributed by atoms with van der Waals surface area (Å²) >= 11 is 1.64. The summed E-state index contributed by atoms with van der Waals surface area (Å²) in [7, 11) is 1.73. The number of aliphatic hydroxyl groups excluding tert-OH is 1. The number of nitrogens with zero attached hydrogens (tertiary/aromatic N) is 2. The molecule has 108 valence electrons. The molecular formula is C14H24N2O2S. The maximum atomic E-state index is 9.49. The van der Waals surface area contributed by atoms with Gasteiger partial charge in [-0.3, -0.25) is 0 Å². The molecule has 1 saturated carbocycles. The van der Waals surface area contributed by atoms with Crippen molar-refractivity contribution in [2.75, 3.05) is 25.2 Å². The lowest BCUT2D eigenvalue weighted by Crippen LogP contribution is -2.35. The molecule has 1 unspecified atom stereocenters. The highest BCUT2D eigenvalue weighted by Crippen LogP contribution is 2.44. The lowest BCUT2D eigenvalue weighted by molar-refractivity contribution is 0.203. The maximum absolute atomic E-state index is 9.49. The van der Waals surface area contributed by atoms with Gasteiger partial charge < -0.3 is 14.7 Å². The van der Waals surface area contributed by atoms with Gasteiger partial charge >= 0.3 is 0 Å². The Morgan fingerprint density at radius 2 is 2.26 bits per heavy atom. The van der Waals surface area contributed by atoms with Crippen LogP contribution in [-0.4, -0.2) is 36.4 Å². The van der Waals surface area contributed by atoms with Crippen molar-refractivity contribution < 1.29 is 9.84 Å². The third kappa shape index (κ3) is 3.46. The number of ether oxygens (including phenoxy) is 1. The van der Waals surface area contributed by atoms with Gasteiger partial charge in [-0.05, 0) is 26.2 Å². The summed E-state index contributed by atoms with van der Waals surface area (Å²) in [5.74, 6) is 0.591. The Balaban J connectivity index is 2.19. The number of methoxy groups -OCH3 is 1. The Bertz CT molecular complexity index is 404. The van der Waals surface area contributed by atoms with E-state index >= 15 is 0 Å². The molecular weight excluding hydrogens is 260 g/mol. The van der Waals surface area contributed by atoms with Crippen molar-refractivity contribution in [1.82, 2.24) is 4.98 Å². The number of aromatic nitrogens is 1. The van der Waals surface area contributed by atoms with Crippen LogP contribution in [0.5, 0.6) is 0 Å². The minimum atomic E-state index is 0.113. The van der Waals surface area contributed by atoms with E-state index in [9.17, 15) is 5.11 Å².